The molecule has 0 radical (unpaired) electrons. The number of benzene rings is 1. The maximum atomic E-state index is 11.9. The van der Waals surface area contributed by atoms with Gasteiger partial charge in [-0.25, -0.2) is 0 Å². The van der Waals surface area contributed by atoms with Crippen molar-refractivity contribution in [1.82, 2.24) is 10.6 Å². The van der Waals surface area contributed by atoms with Crippen LogP contribution in [0.1, 0.15) is 26.4 Å². The first kappa shape index (κ1) is 18.0. The topological polar surface area (TPSA) is 67.4 Å². The van der Waals surface area contributed by atoms with Crippen LogP contribution >= 0.6 is 11.3 Å². The summed E-state index contributed by atoms with van der Waals surface area (Å²) < 4.78 is 5.65. The van der Waals surface area contributed by atoms with Gasteiger partial charge in [0.05, 0.1) is 4.88 Å². The fourth-order valence-electron chi connectivity index (χ4n) is 2.21. The van der Waals surface area contributed by atoms with E-state index in [1.54, 1.807) is 6.07 Å². The molecule has 128 valence electrons. The van der Waals surface area contributed by atoms with E-state index >= 15 is 0 Å². The van der Waals surface area contributed by atoms with Gasteiger partial charge in [0.1, 0.15) is 5.75 Å². The van der Waals surface area contributed by atoms with Crippen LogP contribution < -0.4 is 15.4 Å². The maximum Gasteiger partial charge on any atom is 0.261 e. The number of rotatable bonds is 7. The number of aryl methyl sites for hydroxylation is 2. The van der Waals surface area contributed by atoms with Gasteiger partial charge in [-0.3, -0.25) is 9.59 Å². The number of hydrogen-bond donors (Lipinski definition) is 2. The molecule has 24 heavy (non-hydrogen) atoms. The Balaban J connectivity index is 1.71. The third kappa shape index (κ3) is 4.83. The highest BCUT2D eigenvalue weighted by Crippen LogP contribution is 2.25. The molecule has 0 aliphatic carbocycles. The summed E-state index contributed by atoms with van der Waals surface area (Å²) in [6.07, 6.45) is 0. The van der Waals surface area contributed by atoms with Crippen molar-refractivity contribution in [3.63, 3.8) is 0 Å². The van der Waals surface area contributed by atoms with E-state index < -0.39 is 0 Å². The predicted molar refractivity (Wildman–Crippen MR) is 95.8 cm³/mol. The van der Waals surface area contributed by atoms with Gasteiger partial charge in [-0.1, -0.05) is 18.2 Å². The number of ether oxygens (including phenoxy) is 1. The Hall–Kier alpha value is -2.34. The SMILES string of the molecule is Cc1ccc(C)c(OCC(=O)NCCNC(=O)c2cccs2)c1C. The lowest BCUT2D eigenvalue weighted by Crippen LogP contribution is -2.36. The molecule has 2 rings (SSSR count). The molecule has 0 fully saturated rings. The Morgan fingerprint density at radius 2 is 1.75 bits per heavy atom. The van der Waals surface area contributed by atoms with Crippen LogP contribution in [0.25, 0.3) is 0 Å². The van der Waals surface area contributed by atoms with Crippen molar-refractivity contribution in [3.8, 4) is 5.75 Å². The van der Waals surface area contributed by atoms with Crippen LogP contribution in [0.15, 0.2) is 29.6 Å². The smallest absolute Gasteiger partial charge is 0.261 e. The summed E-state index contributed by atoms with van der Waals surface area (Å²) in [6, 6.07) is 7.61. The van der Waals surface area contributed by atoms with E-state index in [-0.39, 0.29) is 18.4 Å². The van der Waals surface area contributed by atoms with Gasteiger partial charge in [-0.05, 0) is 48.9 Å². The van der Waals surface area contributed by atoms with Gasteiger partial charge in [-0.15, -0.1) is 11.3 Å². The largest absolute Gasteiger partial charge is 0.483 e. The average molecular weight is 346 g/mol. The lowest BCUT2D eigenvalue weighted by atomic mass is 10.1. The Morgan fingerprint density at radius 3 is 2.46 bits per heavy atom. The van der Waals surface area contributed by atoms with Crippen molar-refractivity contribution in [2.45, 2.75) is 20.8 Å². The Morgan fingerprint density at radius 1 is 1.04 bits per heavy atom. The molecule has 0 aliphatic heterocycles. The van der Waals surface area contributed by atoms with Crippen LogP contribution in [0.3, 0.4) is 0 Å². The Labute approximate surface area is 146 Å². The minimum Gasteiger partial charge on any atom is -0.483 e. The third-order valence-electron chi connectivity index (χ3n) is 3.70. The van der Waals surface area contributed by atoms with E-state index in [9.17, 15) is 9.59 Å². The third-order valence-corrected chi connectivity index (χ3v) is 4.57. The highest BCUT2D eigenvalue weighted by atomic mass is 32.1. The molecule has 5 nitrogen and oxygen atoms in total. The molecule has 2 N–H and O–H groups in total. The van der Waals surface area contributed by atoms with Gasteiger partial charge in [0, 0.05) is 13.1 Å². The summed E-state index contributed by atoms with van der Waals surface area (Å²) in [6.45, 7) is 6.66. The number of thiophene rings is 1. The molecule has 2 aromatic rings. The van der Waals surface area contributed by atoms with Gasteiger partial charge in [0.15, 0.2) is 6.61 Å². The monoisotopic (exact) mass is 346 g/mol. The van der Waals surface area contributed by atoms with E-state index in [1.807, 2.05) is 44.4 Å². The standard InChI is InChI=1S/C18H22N2O3S/c1-12-6-7-13(2)17(14(12)3)23-11-16(21)19-8-9-20-18(22)15-5-4-10-24-15/h4-7,10H,8-9,11H2,1-3H3,(H,19,21)(H,20,22). The summed E-state index contributed by atoms with van der Waals surface area (Å²) in [7, 11) is 0. The van der Waals surface area contributed by atoms with E-state index in [4.69, 9.17) is 4.74 Å². The lowest BCUT2D eigenvalue weighted by Gasteiger charge is -2.14. The first-order valence-electron chi connectivity index (χ1n) is 7.77. The van der Waals surface area contributed by atoms with Crippen molar-refractivity contribution in [2.24, 2.45) is 0 Å². The molecule has 0 saturated heterocycles. The lowest BCUT2D eigenvalue weighted by molar-refractivity contribution is -0.123. The minimum atomic E-state index is -0.208. The first-order valence-corrected chi connectivity index (χ1v) is 8.65. The highest BCUT2D eigenvalue weighted by molar-refractivity contribution is 7.12. The molecule has 0 spiro atoms. The van der Waals surface area contributed by atoms with E-state index in [1.165, 1.54) is 11.3 Å². The number of amides is 2. The van der Waals surface area contributed by atoms with Crippen LogP contribution in [0.5, 0.6) is 5.75 Å². The Kier molecular flexibility index (Phi) is 6.37. The van der Waals surface area contributed by atoms with Gasteiger partial charge >= 0.3 is 0 Å². The highest BCUT2D eigenvalue weighted by Gasteiger charge is 2.09. The molecule has 0 saturated carbocycles. The van der Waals surface area contributed by atoms with Crippen LogP contribution in [0.2, 0.25) is 0 Å². The number of nitrogens with one attached hydrogen (secondary N) is 2. The molecule has 1 aromatic carbocycles. The molecule has 0 atom stereocenters. The molecule has 1 heterocycles. The number of carbonyl (C=O) groups is 2. The zero-order chi connectivity index (χ0) is 17.5. The van der Waals surface area contributed by atoms with Crippen LogP contribution in [-0.4, -0.2) is 31.5 Å². The summed E-state index contributed by atoms with van der Waals surface area (Å²) in [5.41, 5.74) is 3.19. The zero-order valence-electron chi connectivity index (χ0n) is 14.1. The van der Waals surface area contributed by atoms with Crippen molar-refractivity contribution in [1.29, 1.82) is 0 Å². The summed E-state index contributed by atoms with van der Waals surface area (Å²) in [5.74, 6) is 0.429. The second-order valence-electron chi connectivity index (χ2n) is 5.53. The van der Waals surface area contributed by atoms with Gasteiger partial charge in [0.2, 0.25) is 0 Å². The molecule has 0 unspecified atom stereocenters. The molecule has 6 heteroatoms. The average Bonchev–Trinajstić information content (AvgIpc) is 3.09. The molecular formula is C18H22N2O3S. The predicted octanol–water partition coefficient (Wildman–Crippen LogP) is 2.60. The van der Waals surface area contributed by atoms with Crippen molar-refractivity contribution >= 4 is 23.2 Å². The fraction of sp³-hybridized carbons (Fsp3) is 0.333. The minimum absolute atomic E-state index is 0.0377. The molecule has 1 aromatic heterocycles. The summed E-state index contributed by atoms with van der Waals surface area (Å²) in [4.78, 5) is 24.2. The number of carbonyl (C=O) groups excluding carboxylic acids is 2. The van der Waals surface area contributed by atoms with Crippen molar-refractivity contribution in [3.05, 3.63) is 51.2 Å². The first-order chi connectivity index (χ1) is 11.5. The normalized spacial score (nSPS) is 10.3. The zero-order valence-corrected chi connectivity index (χ0v) is 15.0. The molecule has 2 amide bonds. The second-order valence-corrected chi connectivity index (χ2v) is 6.47. The quantitative estimate of drug-likeness (QED) is 0.757. The van der Waals surface area contributed by atoms with E-state index in [2.05, 4.69) is 10.6 Å². The van der Waals surface area contributed by atoms with Gasteiger partial charge in [0.25, 0.3) is 11.8 Å². The van der Waals surface area contributed by atoms with E-state index in [0.29, 0.717) is 18.0 Å². The number of hydrogen-bond acceptors (Lipinski definition) is 4. The Bertz CT molecular complexity index is 711. The van der Waals surface area contributed by atoms with Crippen molar-refractivity contribution < 1.29 is 14.3 Å². The summed E-state index contributed by atoms with van der Waals surface area (Å²) >= 11 is 1.39. The van der Waals surface area contributed by atoms with Gasteiger partial charge < -0.3 is 15.4 Å². The van der Waals surface area contributed by atoms with E-state index in [0.717, 1.165) is 22.4 Å². The maximum absolute atomic E-state index is 11.9. The van der Waals surface area contributed by atoms with Crippen LogP contribution in [0, 0.1) is 20.8 Å². The summed E-state index contributed by atoms with van der Waals surface area (Å²) in [5, 5.41) is 7.34. The van der Waals surface area contributed by atoms with Crippen molar-refractivity contribution in [2.75, 3.05) is 19.7 Å². The van der Waals surface area contributed by atoms with Gasteiger partial charge in [-0.2, -0.15) is 0 Å². The molecule has 0 aliphatic rings. The second kappa shape index (κ2) is 8.49. The molecule has 0 bridgehead atoms. The van der Waals surface area contributed by atoms with Crippen LogP contribution in [-0.2, 0) is 4.79 Å². The van der Waals surface area contributed by atoms with Crippen LogP contribution in [0.4, 0.5) is 0 Å². The fourth-order valence-corrected chi connectivity index (χ4v) is 2.85. The molecular weight excluding hydrogens is 324 g/mol.